The van der Waals surface area contributed by atoms with Gasteiger partial charge in [0.2, 0.25) is 0 Å². The first kappa shape index (κ1) is 6.74. The molecule has 0 unspecified atom stereocenters. The van der Waals surface area contributed by atoms with E-state index >= 15 is 0 Å². The molecule has 0 saturated heterocycles. The Morgan fingerprint density at radius 1 is 1.70 bits per heavy atom. The van der Waals surface area contributed by atoms with Crippen LogP contribution in [0.25, 0.3) is 0 Å². The predicted octanol–water partition coefficient (Wildman–Crippen LogP) is 1.20. The summed E-state index contributed by atoms with van der Waals surface area (Å²) in [5.74, 6) is 0. The maximum atomic E-state index is 8.14. The highest BCUT2D eigenvalue weighted by Crippen LogP contribution is 1.96. The first-order valence-corrected chi connectivity index (χ1v) is 2.93. The molecule has 1 aromatic heterocycles. The Kier molecular flexibility index (Phi) is 1.99. The van der Waals surface area contributed by atoms with Crippen LogP contribution in [0.1, 0.15) is 11.3 Å². The average molecular weight is 136 g/mol. The molecule has 1 heterocycles. The van der Waals surface area contributed by atoms with Gasteiger partial charge in [-0.1, -0.05) is 5.16 Å². The zero-order chi connectivity index (χ0) is 7.40. The molecule has 3 heteroatoms. The van der Waals surface area contributed by atoms with Gasteiger partial charge in [0.1, 0.15) is 0 Å². The number of rotatable bonds is 1. The first-order valence-electron chi connectivity index (χ1n) is 2.93. The second kappa shape index (κ2) is 2.96. The Balaban J connectivity index is 2.95. The quantitative estimate of drug-likeness (QED) is 0.358. The van der Waals surface area contributed by atoms with Crippen LogP contribution in [-0.4, -0.2) is 16.4 Å². The molecule has 0 spiro atoms. The third-order valence-corrected chi connectivity index (χ3v) is 1.13. The normalized spacial score (nSPS) is 10.5. The van der Waals surface area contributed by atoms with Crippen LogP contribution < -0.4 is 0 Å². The summed E-state index contributed by atoms with van der Waals surface area (Å²) in [6.07, 6.45) is 2.97. The second-order valence-electron chi connectivity index (χ2n) is 2.00. The first-order chi connectivity index (χ1) is 4.83. The van der Waals surface area contributed by atoms with Crippen LogP contribution in [-0.2, 0) is 0 Å². The van der Waals surface area contributed by atoms with E-state index in [1.807, 2.05) is 19.1 Å². The summed E-state index contributed by atoms with van der Waals surface area (Å²) in [5.41, 5.74) is 1.77. The van der Waals surface area contributed by atoms with Crippen molar-refractivity contribution in [1.82, 2.24) is 4.98 Å². The molecule has 52 valence electrons. The number of oxime groups is 1. The third kappa shape index (κ3) is 1.55. The van der Waals surface area contributed by atoms with Crippen molar-refractivity contribution in [3.8, 4) is 0 Å². The van der Waals surface area contributed by atoms with E-state index in [9.17, 15) is 0 Å². The van der Waals surface area contributed by atoms with Gasteiger partial charge < -0.3 is 5.21 Å². The standard InChI is InChI=1S/C7H8N2O/c1-6-2-3-8-7(4-6)5-9-10/h2-5,10H,1H3. The minimum absolute atomic E-state index is 0.669. The summed E-state index contributed by atoms with van der Waals surface area (Å²) in [7, 11) is 0. The molecule has 0 fully saturated rings. The van der Waals surface area contributed by atoms with E-state index in [1.165, 1.54) is 6.21 Å². The fraction of sp³-hybridized carbons (Fsp3) is 0.143. The van der Waals surface area contributed by atoms with Gasteiger partial charge in [0.25, 0.3) is 0 Å². The summed E-state index contributed by atoms with van der Waals surface area (Å²) < 4.78 is 0. The van der Waals surface area contributed by atoms with Crippen molar-refractivity contribution in [2.75, 3.05) is 0 Å². The van der Waals surface area contributed by atoms with Gasteiger partial charge in [0.15, 0.2) is 0 Å². The zero-order valence-corrected chi connectivity index (χ0v) is 5.65. The topological polar surface area (TPSA) is 45.5 Å². The molecule has 1 rings (SSSR count). The Morgan fingerprint density at radius 3 is 3.10 bits per heavy atom. The number of aromatic nitrogens is 1. The molecule has 0 saturated carbocycles. The molecule has 0 amide bonds. The molecular formula is C7H8N2O. The van der Waals surface area contributed by atoms with Crippen LogP contribution in [0.15, 0.2) is 23.5 Å². The van der Waals surface area contributed by atoms with Crippen LogP contribution >= 0.6 is 0 Å². The molecule has 3 nitrogen and oxygen atoms in total. The van der Waals surface area contributed by atoms with Crippen molar-refractivity contribution in [1.29, 1.82) is 0 Å². The molecule has 0 aliphatic heterocycles. The number of hydrogen-bond acceptors (Lipinski definition) is 3. The molecule has 0 aliphatic carbocycles. The fourth-order valence-electron chi connectivity index (χ4n) is 0.689. The molecule has 0 bridgehead atoms. The average Bonchev–Trinajstić information content (AvgIpc) is 1.88. The van der Waals surface area contributed by atoms with E-state index in [1.54, 1.807) is 6.20 Å². The van der Waals surface area contributed by atoms with Gasteiger partial charge in [-0.15, -0.1) is 0 Å². The van der Waals surface area contributed by atoms with Crippen LogP contribution in [0.4, 0.5) is 0 Å². The minimum atomic E-state index is 0.669. The third-order valence-electron chi connectivity index (χ3n) is 1.13. The predicted molar refractivity (Wildman–Crippen MR) is 38.4 cm³/mol. The smallest absolute Gasteiger partial charge is 0.0918 e. The molecule has 1 N–H and O–H groups in total. The van der Waals surface area contributed by atoms with Crippen molar-refractivity contribution < 1.29 is 5.21 Å². The molecule has 0 radical (unpaired) electrons. The van der Waals surface area contributed by atoms with Gasteiger partial charge in [-0.25, -0.2) is 0 Å². The Morgan fingerprint density at radius 2 is 2.50 bits per heavy atom. The zero-order valence-electron chi connectivity index (χ0n) is 5.65. The fourth-order valence-corrected chi connectivity index (χ4v) is 0.689. The lowest BCUT2D eigenvalue weighted by atomic mass is 10.2. The van der Waals surface area contributed by atoms with E-state index in [-0.39, 0.29) is 0 Å². The van der Waals surface area contributed by atoms with Crippen LogP contribution in [0.3, 0.4) is 0 Å². The van der Waals surface area contributed by atoms with Crippen molar-refractivity contribution in [2.45, 2.75) is 6.92 Å². The summed E-state index contributed by atoms with van der Waals surface area (Å²) in [5, 5.41) is 11.0. The SMILES string of the molecule is Cc1ccnc(C=NO)c1. The Labute approximate surface area is 59.0 Å². The lowest BCUT2D eigenvalue weighted by molar-refractivity contribution is 0.321. The maximum Gasteiger partial charge on any atom is 0.0918 e. The summed E-state index contributed by atoms with van der Waals surface area (Å²) in [4.78, 5) is 3.92. The lowest BCUT2D eigenvalue weighted by Crippen LogP contribution is -1.86. The summed E-state index contributed by atoms with van der Waals surface area (Å²) >= 11 is 0. The van der Waals surface area contributed by atoms with Gasteiger partial charge in [0.05, 0.1) is 11.9 Å². The lowest BCUT2D eigenvalue weighted by Gasteiger charge is -1.91. The van der Waals surface area contributed by atoms with Crippen molar-refractivity contribution in [3.63, 3.8) is 0 Å². The highest BCUT2D eigenvalue weighted by atomic mass is 16.4. The number of pyridine rings is 1. The number of nitrogens with zero attached hydrogens (tertiary/aromatic N) is 2. The molecule has 1 aromatic rings. The largest absolute Gasteiger partial charge is 0.411 e. The summed E-state index contributed by atoms with van der Waals surface area (Å²) in [6, 6.07) is 3.72. The van der Waals surface area contributed by atoms with Crippen molar-refractivity contribution in [3.05, 3.63) is 29.6 Å². The van der Waals surface area contributed by atoms with Crippen molar-refractivity contribution in [2.24, 2.45) is 5.16 Å². The van der Waals surface area contributed by atoms with Gasteiger partial charge in [-0.2, -0.15) is 0 Å². The number of hydrogen-bond donors (Lipinski definition) is 1. The minimum Gasteiger partial charge on any atom is -0.411 e. The van der Waals surface area contributed by atoms with E-state index in [2.05, 4.69) is 10.1 Å². The molecule has 0 atom stereocenters. The Hall–Kier alpha value is -1.38. The van der Waals surface area contributed by atoms with Crippen LogP contribution in [0.2, 0.25) is 0 Å². The molecule has 0 aromatic carbocycles. The van der Waals surface area contributed by atoms with Gasteiger partial charge in [-0.3, -0.25) is 4.98 Å². The van der Waals surface area contributed by atoms with E-state index in [0.29, 0.717) is 5.69 Å². The molecule has 0 aliphatic rings. The van der Waals surface area contributed by atoms with Crippen molar-refractivity contribution >= 4 is 6.21 Å². The van der Waals surface area contributed by atoms with E-state index in [4.69, 9.17) is 5.21 Å². The molecular weight excluding hydrogens is 128 g/mol. The van der Waals surface area contributed by atoms with E-state index < -0.39 is 0 Å². The summed E-state index contributed by atoms with van der Waals surface area (Å²) in [6.45, 7) is 1.95. The van der Waals surface area contributed by atoms with Gasteiger partial charge >= 0.3 is 0 Å². The van der Waals surface area contributed by atoms with Gasteiger partial charge in [-0.05, 0) is 24.6 Å². The number of aryl methyl sites for hydroxylation is 1. The highest BCUT2D eigenvalue weighted by Gasteiger charge is 1.87. The molecule has 10 heavy (non-hydrogen) atoms. The highest BCUT2D eigenvalue weighted by molar-refractivity contribution is 5.76. The van der Waals surface area contributed by atoms with Crippen LogP contribution in [0.5, 0.6) is 0 Å². The second-order valence-corrected chi connectivity index (χ2v) is 2.00. The van der Waals surface area contributed by atoms with Gasteiger partial charge in [0, 0.05) is 6.20 Å². The van der Waals surface area contributed by atoms with Crippen LogP contribution in [0, 0.1) is 6.92 Å². The van der Waals surface area contributed by atoms with E-state index in [0.717, 1.165) is 5.56 Å². The Bertz CT molecular complexity index is 245. The maximum absolute atomic E-state index is 8.14. The monoisotopic (exact) mass is 136 g/mol.